The minimum absolute atomic E-state index is 0.190. The van der Waals surface area contributed by atoms with Gasteiger partial charge in [-0.2, -0.15) is 0 Å². The molecule has 4 heteroatoms. The maximum absolute atomic E-state index is 12.1. The Kier molecular flexibility index (Phi) is 2.24. The molecule has 3 rings (SSSR count). The number of Topliss-reactive ketones (excluding diaryl/α,β-unsaturated/α-hetero) is 1. The zero-order valence-electron chi connectivity index (χ0n) is 10.1. The normalized spacial score (nSPS) is 31.8. The number of aliphatic carboxylic acids is 1. The largest absolute Gasteiger partial charge is 0.493 e. The van der Waals surface area contributed by atoms with Crippen LogP contribution in [0.5, 0.6) is 5.75 Å². The molecular formula is C14H14O4. The first kappa shape index (κ1) is 11.3. The molecule has 1 heterocycles. The average molecular weight is 246 g/mol. The molecule has 0 aromatic heterocycles. The fraction of sp³-hybridized carbons (Fsp3) is 0.429. The number of ether oxygens (including phenoxy) is 1. The molecule has 3 unspecified atom stereocenters. The van der Waals surface area contributed by atoms with Crippen molar-refractivity contribution in [1.29, 1.82) is 0 Å². The van der Waals surface area contributed by atoms with Gasteiger partial charge in [-0.05, 0) is 11.6 Å². The minimum atomic E-state index is -1.25. The minimum Gasteiger partial charge on any atom is -0.493 e. The van der Waals surface area contributed by atoms with Gasteiger partial charge in [0.05, 0.1) is 6.61 Å². The molecule has 1 saturated carbocycles. The topological polar surface area (TPSA) is 63.6 Å². The molecule has 18 heavy (non-hydrogen) atoms. The highest BCUT2D eigenvalue weighted by Gasteiger charge is 2.75. The van der Waals surface area contributed by atoms with Crippen molar-refractivity contribution in [2.45, 2.75) is 19.3 Å². The molecule has 1 N–H and O–H groups in total. The van der Waals surface area contributed by atoms with Gasteiger partial charge in [0.25, 0.3) is 0 Å². The summed E-state index contributed by atoms with van der Waals surface area (Å²) in [5.41, 5.74) is -0.389. The Hall–Kier alpha value is -1.84. The van der Waals surface area contributed by atoms with Gasteiger partial charge in [0.2, 0.25) is 0 Å². The number of carboxylic acids is 1. The van der Waals surface area contributed by atoms with Crippen LogP contribution in [0.1, 0.15) is 24.8 Å². The molecule has 0 saturated heterocycles. The van der Waals surface area contributed by atoms with E-state index in [9.17, 15) is 14.7 Å². The van der Waals surface area contributed by atoms with Gasteiger partial charge in [0.1, 0.15) is 11.2 Å². The maximum Gasteiger partial charge on any atom is 0.318 e. The number of ketones is 1. The standard InChI is InChI=1S/C14H14O4/c1-2-11(15)14(13(16)17)9-7-18-10-6-4-3-5-8(10)12(9)14/h3-6,9,12H,2,7H2,1H3,(H,16,17). The lowest BCUT2D eigenvalue weighted by molar-refractivity contribution is -0.149. The molecule has 0 bridgehead atoms. The number of benzene rings is 1. The third-order valence-electron chi connectivity index (χ3n) is 4.18. The maximum atomic E-state index is 12.1. The lowest BCUT2D eigenvalue weighted by atomic mass is 9.92. The Labute approximate surface area is 105 Å². The highest BCUT2D eigenvalue weighted by atomic mass is 16.5. The summed E-state index contributed by atoms with van der Waals surface area (Å²) in [6.45, 7) is 2.03. The number of hydrogen-bond donors (Lipinski definition) is 1. The molecule has 1 aliphatic carbocycles. The van der Waals surface area contributed by atoms with Crippen LogP contribution in [-0.4, -0.2) is 23.5 Å². The summed E-state index contributed by atoms with van der Waals surface area (Å²) in [4.78, 5) is 23.7. The summed E-state index contributed by atoms with van der Waals surface area (Å²) < 4.78 is 5.56. The van der Waals surface area contributed by atoms with E-state index in [1.165, 1.54) is 0 Å². The van der Waals surface area contributed by atoms with E-state index in [1.54, 1.807) is 6.92 Å². The molecule has 3 atom stereocenters. The summed E-state index contributed by atoms with van der Waals surface area (Å²) in [5, 5.41) is 9.49. The zero-order valence-corrected chi connectivity index (χ0v) is 10.1. The Morgan fingerprint density at radius 3 is 2.83 bits per heavy atom. The van der Waals surface area contributed by atoms with Crippen molar-refractivity contribution >= 4 is 11.8 Å². The van der Waals surface area contributed by atoms with Gasteiger partial charge in [0.15, 0.2) is 5.78 Å². The number of carboxylic acid groups (broad SMARTS) is 1. The summed E-state index contributed by atoms with van der Waals surface area (Å²) in [7, 11) is 0. The van der Waals surface area contributed by atoms with Crippen LogP contribution < -0.4 is 4.74 Å². The quantitative estimate of drug-likeness (QED) is 0.826. The van der Waals surface area contributed by atoms with Crippen LogP contribution in [0.3, 0.4) is 0 Å². The van der Waals surface area contributed by atoms with Crippen LogP contribution in [0.2, 0.25) is 0 Å². The van der Waals surface area contributed by atoms with E-state index in [2.05, 4.69) is 0 Å². The molecule has 0 radical (unpaired) electrons. The molecule has 94 valence electrons. The zero-order chi connectivity index (χ0) is 12.9. The second-order valence-corrected chi connectivity index (χ2v) is 4.88. The van der Waals surface area contributed by atoms with Gasteiger partial charge in [-0.15, -0.1) is 0 Å². The smallest absolute Gasteiger partial charge is 0.318 e. The van der Waals surface area contributed by atoms with E-state index >= 15 is 0 Å². The number of rotatable bonds is 3. The van der Waals surface area contributed by atoms with Crippen LogP contribution in [0, 0.1) is 11.3 Å². The first-order valence-corrected chi connectivity index (χ1v) is 6.12. The molecule has 1 fully saturated rings. The monoisotopic (exact) mass is 246 g/mol. The summed E-state index contributed by atoms with van der Waals surface area (Å²) in [6, 6.07) is 7.39. The predicted octanol–water partition coefficient (Wildman–Crippen LogP) is 1.84. The second kappa shape index (κ2) is 3.57. The third-order valence-corrected chi connectivity index (χ3v) is 4.18. The Balaban J connectivity index is 2.09. The van der Waals surface area contributed by atoms with Gasteiger partial charge >= 0.3 is 5.97 Å². The van der Waals surface area contributed by atoms with Gasteiger partial charge in [0, 0.05) is 18.3 Å². The Morgan fingerprint density at radius 2 is 2.17 bits per heavy atom. The van der Waals surface area contributed by atoms with Crippen molar-refractivity contribution in [3.05, 3.63) is 29.8 Å². The number of carbonyl (C=O) groups is 2. The first-order valence-electron chi connectivity index (χ1n) is 6.12. The van der Waals surface area contributed by atoms with E-state index in [-0.39, 0.29) is 24.0 Å². The lowest BCUT2D eigenvalue weighted by Crippen LogP contribution is -2.29. The van der Waals surface area contributed by atoms with Crippen LogP contribution in [0.15, 0.2) is 24.3 Å². The molecule has 0 amide bonds. The van der Waals surface area contributed by atoms with Gasteiger partial charge in [-0.3, -0.25) is 9.59 Å². The molecule has 0 spiro atoms. The molecule has 2 aliphatic rings. The summed E-state index contributed by atoms with van der Waals surface area (Å²) in [6.07, 6.45) is 0.251. The number of carbonyl (C=O) groups excluding carboxylic acids is 1. The van der Waals surface area contributed by atoms with Gasteiger partial charge < -0.3 is 9.84 Å². The SMILES string of the molecule is CCC(=O)C1(C(=O)O)C2COc3ccccc3C21. The van der Waals surface area contributed by atoms with Crippen molar-refractivity contribution < 1.29 is 19.4 Å². The van der Waals surface area contributed by atoms with E-state index < -0.39 is 11.4 Å². The summed E-state index contributed by atoms with van der Waals surface area (Å²) in [5.74, 6) is -0.912. The van der Waals surface area contributed by atoms with Gasteiger partial charge in [-0.1, -0.05) is 25.1 Å². The average Bonchev–Trinajstić information content (AvgIpc) is 3.08. The van der Waals surface area contributed by atoms with Crippen LogP contribution in [0.25, 0.3) is 0 Å². The number of hydrogen-bond acceptors (Lipinski definition) is 3. The number of para-hydroxylation sites is 1. The molecular weight excluding hydrogens is 232 g/mol. The van der Waals surface area contributed by atoms with E-state index in [0.717, 1.165) is 5.56 Å². The molecule has 1 aromatic carbocycles. The van der Waals surface area contributed by atoms with Crippen LogP contribution in [0.4, 0.5) is 0 Å². The Bertz CT molecular complexity index is 536. The summed E-state index contributed by atoms with van der Waals surface area (Å²) >= 11 is 0. The first-order chi connectivity index (χ1) is 8.64. The molecule has 1 aliphatic heterocycles. The Morgan fingerprint density at radius 1 is 1.44 bits per heavy atom. The predicted molar refractivity (Wildman–Crippen MR) is 63.5 cm³/mol. The van der Waals surface area contributed by atoms with Crippen LogP contribution >= 0.6 is 0 Å². The lowest BCUT2D eigenvalue weighted by Gasteiger charge is -2.14. The van der Waals surface area contributed by atoms with E-state index in [4.69, 9.17) is 4.74 Å². The van der Waals surface area contributed by atoms with Crippen molar-refractivity contribution in [2.24, 2.45) is 11.3 Å². The van der Waals surface area contributed by atoms with Crippen molar-refractivity contribution in [3.8, 4) is 5.75 Å². The number of fused-ring (bicyclic) bond motifs is 3. The van der Waals surface area contributed by atoms with E-state index in [1.807, 2.05) is 24.3 Å². The van der Waals surface area contributed by atoms with Crippen molar-refractivity contribution in [3.63, 3.8) is 0 Å². The highest BCUT2D eigenvalue weighted by molar-refractivity contribution is 6.08. The fourth-order valence-electron chi connectivity index (χ4n) is 3.28. The van der Waals surface area contributed by atoms with Gasteiger partial charge in [-0.25, -0.2) is 0 Å². The van der Waals surface area contributed by atoms with Crippen molar-refractivity contribution in [2.75, 3.05) is 6.61 Å². The second-order valence-electron chi connectivity index (χ2n) is 4.88. The fourth-order valence-corrected chi connectivity index (χ4v) is 3.28. The third kappa shape index (κ3) is 1.15. The molecule has 1 aromatic rings. The van der Waals surface area contributed by atoms with Crippen LogP contribution in [-0.2, 0) is 9.59 Å². The molecule has 4 nitrogen and oxygen atoms in total. The highest BCUT2D eigenvalue weighted by Crippen LogP contribution is 2.69. The van der Waals surface area contributed by atoms with Crippen molar-refractivity contribution in [1.82, 2.24) is 0 Å². The van der Waals surface area contributed by atoms with E-state index in [0.29, 0.717) is 12.4 Å².